The fraction of sp³-hybridized carbons (Fsp3) is 0.273. The number of benzene rings is 1. The highest BCUT2D eigenvalue weighted by Gasteiger charge is 2.04. The van der Waals surface area contributed by atoms with Crippen LogP contribution in [0.25, 0.3) is 10.1 Å². The molecule has 0 bridgehead atoms. The van der Waals surface area contributed by atoms with Crippen LogP contribution in [0.5, 0.6) is 0 Å². The maximum absolute atomic E-state index is 5.91. The maximum Gasteiger partial charge on any atom is 0.0412 e. The van der Waals surface area contributed by atoms with Crippen LogP contribution in [0, 0.1) is 0 Å². The standard InChI is InChI=1S/C11H12ClNS/c1-7(13)4-10-6-8-5-9(12)2-3-11(8)14-10/h2-3,5-7H,4,13H2,1H3. The molecule has 0 aliphatic rings. The fourth-order valence-corrected chi connectivity index (χ4v) is 2.85. The highest BCUT2D eigenvalue weighted by atomic mass is 35.5. The molecular weight excluding hydrogens is 214 g/mol. The van der Waals surface area contributed by atoms with Gasteiger partial charge in [-0.05, 0) is 43.0 Å². The Morgan fingerprint density at radius 1 is 1.43 bits per heavy atom. The van der Waals surface area contributed by atoms with Crippen LogP contribution < -0.4 is 5.73 Å². The number of hydrogen-bond donors (Lipinski definition) is 1. The maximum atomic E-state index is 5.91. The molecule has 2 N–H and O–H groups in total. The van der Waals surface area contributed by atoms with E-state index in [2.05, 4.69) is 12.1 Å². The first-order valence-corrected chi connectivity index (χ1v) is 5.78. The average Bonchev–Trinajstić information content (AvgIpc) is 2.44. The van der Waals surface area contributed by atoms with Gasteiger partial charge in [0.15, 0.2) is 0 Å². The molecule has 0 radical (unpaired) electrons. The molecule has 0 fully saturated rings. The van der Waals surface area contributed by atoms with E-state index in [9.17, 15) is 0 Å². The molecule has 2 aromatic rings. The van der Waals surface area contributed by atoms with Gasteiger partial charge in [-0.1, -0.05) is 11.6 Å². The molecule has 1 unspecified atom stereocenters. The summed E-state index contributed by atoms with van der Waals surface area (Å²) in [5, 5.41) is 2.01. The summed E-state index contributed by atoms with van der Waals surface area (Å²) in [7, 11) is 0. The monoisotopic (exact) mass is 225 g/mol. The predicted octanol–water partition coefficient (Wildman–Crippen LogP) is 3.44. The number of nitrogens with two attached hydrogens (primary N) is 1. The molecule has 1 nitrogen and oxygen atoms in total. The van der Waals surface area contributed by atoms with Gasteiger partial charge >= 0.3 is 0 Å². The first kappa shape index (κ1) is 9.97. The Balaban J connectivity index is 2.41. The average molecular weight is 226 g/mol. The minimum Gasteiger partial charge on any atom is -0.328 e. The van der Waals surface area contributed by atoms with E-state index in [1.807, 2.05) is 19.1 Å². The van der Waals surface area contributed by atoms with Crippen LogP contribution in [0.15, 0.2) is 24.3 Å². The van der Waals surface area contributed by atoms with Crippen LogP contribution >= 0.6 is 22.9 Å². The lowest BCUT2D eigenvalue weighted by Gasteiger charge is -1.99. The minimum atomic E-state index is 0.221. The van der Waals surface area contributed by atoms with Gasteiger partial charge in [0.2, 0.25) is 0 Å². The molecule has 0 aliphatic carbocycles. The van der Waals surface area contributed by atoms with Crippen molar-refractivity contribution in [3.8, 4) is 0 Å². The van der Waals surface area contributed by atoms with Gasteiger partial charge in [0.05, 0.1) is 0 Å². The largest absolute Gasteiger partial charge is 0.328 e. The molecule has 1 aromatic heterocycles. The predicted molar refractivity (Wildman–Crippen MR) is 64.2 cm³/mol. The highest BCUT2D eigenvalue weighted by molar-refractivity contribution is 7.19. The Morgan fingerprint density at radius 2 is 2.21 bits per heavy atom. The van der Waals surface area contributed by atoms with E-state index < -0.39 is 0 Å². The topological polar surface area (TPSA) is 26.0 Å². The summed E-state index contributed by atoms with van der Waals surface area (Å²) in [5.74, 6) is 0. The molecule has 2 rings (SSSR count). The van der Waals surface area contributed by atoms with Gasteiger partial charge in [0.1, 0.15) is 0 Å². The molecule has 0 spiro atoms. The van der Waals surface area contributed by atoms with Crippen molar-refractivity contribution in [2.45, 2.75) is 19.4 Å². The zero-order valence-electron chi connectivity index (χ0n) is 7.96. The fourth-order valence-electron chi connectivity index (χ4n) is 1.49. The molecule has 74 valence electrons. The van der Waals surface area contributed by atoms with E-state index >= 15 is 0 Å². The second-order valence-corrected chi connectivity index (χ2v) is 5.18. The van der Waals surface area contributed by atoms with Crippen LogP contribution in [0.4, 0.5) is 0 Å². The SMILES string of the molecule is CC(N)Cc1cc2cc(Cl)ccc2s1. The summed E-state index contributed by atoms with van der Waals surface area (Å²) in [6.45, 7) is 2.03. The van der Waals surface area contributed by atoms with Gasteiger partial charge in [0.25, 0.3) is 0 Å². The van der Waals surface area contributed by atoms with Crippen LogP contribution in [0.3, 0.4) is 0 Å². The van der Waals surface area contributed by atoms with Crippen LogP contribution in [0.2, 0.25) is 5.02 Å². The third-order valence-corrected chi connectivity index (χ3v) is 3.43. The van der Waals surface area contributed by atoms with Gasteiger partial charge in [-0.15, -0.1) is 11.3 Å². The van der Waals surface area contributed by atoms with E-state index in [0.29, 0.717) is 0 Å². The second kappa shape index (κ2) is 3.89. The summed E-state index contributed by atoms with van der Waals surface area (Å²) < 4.78 is 1.28. The third kappa shape index (κ3) is 2.08. The van der Waals surface area contributed by atoms with Gasteiger partial charge in [-0.25, -0.2) is 0 Å². The minimum absolute atomic E-state index is 0.221. The van der Waals surface area contributed by atoms with E-state index in [1.54, 1.807) is 11.3 Å². The molecule has 0 aliphatic heterocycles. The van der Waals surface area contributed by atoms with Crippen molar-refractivity contribution >= 4 is 33.0 Å². The summed E-state index contributed by atoms with van der Waals surface area (Å²) in [4.78, 5) is 1.33. The van der Waals surface area contributed by atoms with Crippen LogP contribution in [0.1, 0.15) is 11.8 Å². The first-order chi connectivity index (χ1) is 6.65. The molecule has 14 heavy (non-hydrogen) atoms. The lowest BCUT2D eigenvalue weighted by molar-refractivity contribution is 0.747. The number of rotatable bonds is 2. The van der Waals surface area contributed by atoms with Crippen molar-refractivity contribution in [1.82, 2.24) is 0 Å². The lowest BCUT2D eigenvalue weighted by Crippen LogP contribution is -2.16. The Bertz CT molecular complexity index is 447. The molecular formula is C11H12ClNS. The number of halogens is 1. The molecule has 0 amide bonds. The van der Waals surface area contributed by atoms with E-state index in [1.165, 1.54) is 15.0 Å². The smallest absolute Gasteiger partial charge is 0.0412 e. The summed E-state index contributed by atoms with van der Waals surface area (Å²) >= 11 is 7.71. The Kier molecular flexibility index (Phi) is 2.77. The number of hydrogen-bond acceptors (Lipinski definition) is 2. The zero-order valence-corrected chi connectivity index (χ0v) is 9.53. The molecule has 1 heterocycles. The van der Waals surface area contributed by atoms with Gasteiger partial charge in [-0.3, -0.25) is 0 Å². The highest BCUT2D eigenvalue weighted by Crippen LogP contribution is 2.28. The molecule has 0 saturated heterocycles. The quantitative estimate of drug-likeness (QED) is 0.833. The van der Waals surface area contributed by atoms with E-state index in [4.69, 9.17) is 17.3 Å². The second-order valence-electron chi connectivity index (χ2n) is 3.58. The molecule has 3 heteroatoms. The summed E-state index contributed by atoms with van der Waals surface area (Å²) in [6, 6.07) is 8.38. The number of thiophene rings is 1. The normalized spacial score (nSPS) is 13.4. The van der Waals surface area contributed by atoms with Crippen molar-refractivity contribution in [1.29, 1.82) is 0 Å². The van der Waals surface area contributed by atoms with Gasteiger partial charge < -0.3 is 5.73 Å². The van der Waals surface area contributed by atoms with Gasteiger partial charge in [-0.2, -0.15) is 0 Å². The van der Waals surface area contributed by atoms with Crippen LogP contribution in [-0.4, -0.2) is 6.04 Å². The van der Waals surface area contributed by atoms with E-state index in [-0.39, 0.29) is 6.04 Å². The Labute approximate surface area is 92.5 Å². The lowest BCUT2D eigenvalue weighted by atomic mass is 10.2. The van der Waals surface area contributed by atoms with Crippen molar-refractivity contribution in [3.05, 3.63) is 34.2 Å². The molecule has 0 saturated carbocycles. The zero-order chi connectivity index (χ0) is 10.1. The summed E-state index contributed by atoms with van der Waals surface area (Å²) in [6.07, 6.45) is 0.941. The van der Waals surface area contributed by atoms with Crippen molar-refractivity contribution in [2.24, 2.45) is 5.73 Å². The Hall–Kier alpha value is -0.570. The Morgan fingerprint density at radius 3 is 2.93 bits per heavy atom. The first-order valence-electron chi connectivity index (χ1n) is 4.59. The molecule has 1 atom stereocenters. The van der Waals surface area contributed by atoms with Crippen molar-refractivity contribution in [3.63, 3.8) is 0 Å². The number of fused-ring (bicyclic) bond motifs is 1. The van der Waals surface area contributed by atoms with Crippen LogP contribution in [-0.2, 0) is 6.42 Å². The van der Waals surface area contributed by atoms with Gasteiger partial charge in [0, 0.05) is 20.6 Å². The molecule has 1 aromatic carbocycles. The van der Waals surface area contributed by atoms with Crippen molar-refractivity contribution in [2.75, 3.05) is 0 Å². The third-order valence-electron chi connectivity index (χ3n) is 2.05. The van der Waals surface area contributed by atoms with Crippen molar-refractivity contribution < 1.29 is 0 Å². The summed E-state index contributed by atoms with van der Waals surface area (Å²) in [5.41, 5.74) is 5.76. The van der Waals surface area contributed by atoms with E-state index in [0.717, 1.165) is 11.4 Å².